The summed E-state index contributed by atoms with van der Waals surface area (Å²) in [5.74, 6) is -2.61. The first-order valence-electron chi connectivity index (χ1n) is 7.07. The summed E-state index contributed by atoms with van der Waals surface area (Å²) in [7, 11) is 0. The van der Waals surface area contributed by atoms with Gasteiger partial charge in [0.1, 0.15) is 17.4 Å². The maximum atomic E-state index is 13.5. The third-order valence-corrected chi connectivity index (χ3v) is 3.29. The van der Waals surface area contributed by atoms with Gasteiger partial charge in [0.2, 0.25) is 5.91 Å². The van der Waals surface area contributed by atoms with Crippen LogP contribution in [0, 0.1) is 11.6 Å². The highest BCUT2D eigenvalue weighted by Gasteiger charge is 2.15. The highest BCUT2D eigenvalue weighted by atomic mass is 19.1. The van der Waals surface area contributed by atoms with E-state index >= 15 is 0 Å². The summed E-state index contributed by atoms with van der Waals surface area (Å²) in [5.41, 5.74) is 6.27. The molecule has 0 saturated carbocycles. The standard InChI is InChI=1S/C16H17F2N3O2/c17-13-8-11(22)9-14(18)12(13)4-6-21-16(23)15(19)7-10-3-1-2-5-20-10/h1-3,5,8-9,15,22H,4,6-7,19H2,(H,21,23)/t15-/m1/s1. The van der Waals surface area contributed by atoms with Crippen molar-refractivity contribution in [3.63, 3.8) is 0 Å². The third-order valence-electron chi connectivity index (χ3n) is 3.29. The predicted octanol–water partition coefficient (Wildman–Crippen LogP) is 1.29. The van der Waals surface area contributed by atoms with Gasteiger partial charge in [0.05, 0.1) is 6.04 Å². The molecule has 0 fully saturated rings. The van der Waals surface area contributed by atoms with Crippen LogP contribution in [0.3, 0.4) is 0 Å². The van der Waals surface area contributed by atoms with E-state index in [1.54, 1.807) is 24.4 Å². The van der Waals surface area contributed by atoms with Crippen molar-refractivity contribution in [3.05, 3.63) is 59.4 Å². The summed E-state index contributed by atoms with van der Waals surface area (Å²) >= 11 is 0. The van der Waals surface area contributed by atoms with E-state index in [1.807, 2.05) is 0 Å². The fourth-order valence-electron chi connectivity index (χ4n) is 2.11. The van der Waals surface area contributed by atoms with E-state index in [4.69, 9.17) is 10.8 Å². The van der Waals surface area contributed by atoms with Crippen LogP contribution in [0.5, 0.6) is 5.75 Å². The molecule has 2 aromatic rings. The van der Waals surface area contributed by atoms with Gasteiger partial charge in [0, 0.05) is 42.6 Å². The Morgan fingerprint density at radius 1 is 1.30 bits per heavy atom. The molecule has 0 aliphatic rings. The van der Waals surface area contributed by atoms with Crippen molar-refractivity contribution >= 4 is 5.91 Å². The van der Waals surface area contributed by atoms with Crippen molar-refractivity contribution in [3.8, 4) is 5.75 Å². The number of carbonyl (C=O) groups excluding carboxylic acids is 1. The van der Waals surface area contributed by atoms with Gasteiger partial charge in [-0.3, -0.25) is 9.78 Å². The van der Waals surface area contributed by atoms with Crippen LogP contribution < -0.4 is 11.1 Å². The zero-order chi connectivity index (χ0) is 16.8. The Bertz CT molecular complexity index is 657. The molecular weight excluding hydrogens is 304 g/mol. The van der Waals surface area contributed by atoms with Crippen LogP contribution in [-0.4, -0.2) is 28.6 Å². The number of hydrogen-bond donors (Lipinski definition) is 3. The Morgan fingerprint density at radius 3 is 2.61 bits per heavy atom. The molecule has 23 heavy (non-hydrogen) atoms. The van der Waals surface area contributed by atoms with Crippen LogP contribution in [0.4, 0.5) is 8.78 Å². The number of halogens is 2. The summed E-state index contributed by atoms with van der Waals surface area (Å²) in [4.78, 5) is 15.9. The SMILES string of the molecule is N[C@H](Cc1ccccn1)C(=O)NCCc1c(F)cc(O)cc1F. The van der Waals surface area contributed by atoms with E-state index in [9.17, 15) is 13.6 Å². The van der Waals surface area contributed by atoms with Gasteiger partial charge >= 0.3 is 0 Å². The van der Waals surface area contributed by atoms with E-state index < -0.39 is 29.3 Å². The first kappa shape index (κ1) is 16.8. The fourth-order valence-corrected chi connectivity index (χ4v) is 2.11. The van der Waals surface area contributed by atoms with Crippen molar-refractivity contribution in [1.82, 2.24) is 10.3 Å². The van der Waals surface area contributed by atoms with E-state index in [0.29, 0.717) is 5.69 Å². The number of nitrogens with zero attached hydrogens (tertiary/aromatic N) is 1. The largest absolute Gasteiger partial charge is 0.508 e. The number of aromatic nitrogens is 1. The molecule has 4 N–H and O–H groups in total. The molecule has 0 radical (unpaired) electrons. The minimum absolute atomic E-state index is 0.0351. The maximum absolute atomic E-state index is 13.5. The highest BCUT2D eigenvalue weighted by molar-refractivity contribution is 5.81. The van der Waals surface area contributed by atoms with E-state index in [-0.39, 0.29) is 24.9 Å². The zero-order valence-corrected chi connectivity index (χ0v) is 12.3. The van der Waals surface area contributed by atoms with Gasteiger partial charge in [-0.2, -0.15) is 0 Å². The van der Waals surface area contributed by atoms with Crippen LogP contribution in [-0.2, 0) is 17.6 Å². The van der Waals surface area contributed by atoms with Gasteiger partial charge in [-0.1, -0.05) is 6.07 Å². The lowest BCUT2D eigenvalue weighted by atomic mass is 10.1. The maximum Gasteiger partial charge on any atom is 0.237 e. The van der Waals surface area contributed by atoms with Crippen LogP contribution >= 0.6 is 0 Å². The molecule has 0 unspecified atom stereocenters. The second kappa shape index (κ2) is 7.64. The van der Waals surface area contributed by atoms with Crippen molar-refractivity contribution in [2.45, 2.75) is 18.9 Å². The summed E-state index contributed by atoms with van der Waals surface area (Å²) in [5, 5.41) is 11.6. The Morgan fingerprint density at radius 2 is 2.00 bits per heavy atom. The molecule has 1 amide bonds. The lowest BCUT2D eigenvalue weighted by Crippen LogP contribution is -2.42. The number of aromatic hydroxyl groups is 1. The lowest BCUT2D eigenvalue weighted by molar-refractivity contribution is -0.122. The Labute approximate surface area is 132 Å². The van der Waals surface area contributed by atoms with Crippen LogP contribution in [0.2, 0.25) is 0 Å². The van der Waals surface area contributed by atoms with E-state index in [1.165, 1.54) is 0 Å². The number of pyridine rings is 1. The van der Waals surface area contributed by atoms with Gasteiger partial charge in [-0.15, -0.1) is 0 Å². The highest BCUT2D eigenvalue weighted by Crippen LogP contribution is 2.19. The lowest BCUT2D eigenvalue weighted by Gasteiger charge is -2.12. The quantitative estimate of drug-likeness (QED) is 0.748. The number of rotatable bonds is 6. The number of benzene rings is 1. The summed E-state index contributed by atoms with van der Waals surface area (Å²) in [6.07, 6.45) is 1.84. The minimum Gasteiger partial charge on any atom is -0.508 e. The number of carbonyl (C=O) groups is 1. The van der Waals surface area contributed by atoms with E-state index in [2.05, 4.69) is 10.3 Å². The average molecular weight is 321 g/mol. The normalized spacial score (nSPS) is 12.0. The molecule has 1 heterocycles. The number of nitrogens with two attached hydrogens (primary N) is 1. The summed E-state index contributed by atoms with van der Waals surface area (Å²) < 4.78 is 27.1. The van der Waals surface area contributed by atoms with Crippen molar-refractivity contribution < 1.29 is 18.7 Å². The molecule has 7 heteroatoms. The molecule has 2 rings (SSSR count). The second-order valence-corrected chi connectivity index (χ2v) is 5.06. The number of phenols is 1. The molecule has 0 saturated heterocycles. The van der Waals surface area contributed by atoms with E-state index in [0.717, 1.165) is 12.1 Å². The molecule has 0 bridgehead atoms. The number of hydrogen-bond acceptors (Lipinski definition) is 4. The zero-order valence-electron chi connectivity index (χ0n) is 12.3. The summed E-state index contributed by atoms with van der Waals surface area (Å²) in [6.45, 7) is 0.0351. The number of nitrogens with one attached hydrogen (secondary N) is 1. The van der Waals surface area contributed by atoms with Crippen molar-refractivity contribution in [1.29, 1.82) is 0 Å². The smallest absolute Gasteiger partial charge is 0.237 e. The molecule has 1 aromatic heterocycles. The molecule has 0 aliphatic carbocycles. The molecule has 122 valence electrons. The first-order valence-corrected chi connectivity index (χ1v) is 7.07. The Kier molecular flexibility index (Phi) is 5.59. The number of amides is 1. The molecule has 0 spiro atoms. The second-order valence-electron chi connectivity index (χ2n) is 5.06. The average Bonchev–Trinajstić information content (AvgIpc) is 2.50. The molecular formula is C16H17F2N3O2. The van der Waals surface area contributed by atoms with Crippen LogP contribution in [0.15, 0.2) is 36.5 Å². The van der Waals surface area contributed by atoms with Gasteiger partial charge in [-0.05, 0) is 18.6 Å². The van der Waals surface area contributed by atoms with Crippen molar-refractivity contribution in [2.24, 2.45) is 5.73 Å². The Balaban J connectivity index is 1.85. The number of phenolic OH excluding ortho intramolecular Hbond substituents is 1. The van der Waals surface area contributed by atoms with Crippen LogP contribution in [0.25, 0.3) is 0 Å². The topological polar surface area (TPSA) is 88.2 Å². The predicted molar refractivity (Wildman–Crippen MR) is 80.7 cm³/mol. The monoisotopic (exact) mass is 321 g/mol. The molecule has 5 nitrogen and oxygen atoms in total. The molecule has 0 aliphatic heterocycles. The molecule has 1 atom stereocenters. The molecule has 1 aromatic carbocycles. The minimum atomic E-state index is -0.852. The van der Waals surface area contributed by atoms with Crippen molar-refractivity contribution in [2.75, 3.05) is 6.54 Å². The Hall–Kier alpha value is -2.54. The first-order chi connectivity index (χ1) is 11.0. The van der Waals surface area contributed by atoms with Gasteiger partial charge in [0.25, 0.3) is 0 Å². The van der Waals surface area contributed by atoms with Crippen LogP contribution in [0.1, 0.15) is 11.3 Å². The van der Waals surface area contributed by atoms with Gasteiger partial charge < -0.3 is 16.2 Å². The fraction of sp³-hybridized carbons (Fsp3) is 0.250. The van der Waals surface area contributed by atoms with Gasteiger partial charge in [-0.25, -0.2) is 8.78 Å². The summed E-state index contributed by atoms with van der Waals surface area (Å²) in [6, 6.07) is 6.17. The van der Waals surface area contributed by atoms with Gasteiger partial charge in [0.15, 0.2) is 0 Å². The third kappa shape index (κ3) is 4.72.